The molecule has 1 unspecified atom stereocenters. The lowest BCUT2D eigenvalue weighted by atomic mass is 10.5. The van der Waals surface area contributed by atoms with Crippen LogP contribution in [0.3, 0.4) is 0 Å². The van der Waals surface area contributed by atoms with Crippen LogP contribution in [0.2, 0.25) is 0 Å². The standard InChI is InChI=1S/C4H6O3S/c5-4(6)8-3-1-2-7-8/h1-3H2. The Morgan fingerprint density at radius 1 is 1.75 bits per heavy atom. The van der Waals surface area contributed by atoms with Crippen molar-refractivity contribution in [3.63, 3.8) is 0 Å². The maximum atomic E-state index is 9.98. The second-order valence-corrected chi connectivity index (χ2v) is 3.14. The quantitative estimate of drug-likeness (QED) is 0.411. The number of hydrogen-bond donors (Lipinski definition) is 0. The zero-order valence-electron chi connectivity index (χ0n) is 4.25. The largest absolute Gasteiger partial charge is 0.502 e. The van der Waals surface area contributed by atoms with Crippen molar-refractivity contribution in [3.8, 4) is 0 Å². The summed E-state index contributed by atoms with van der Waals surface area (Å²) in [6, 6.07) is 0. The average molecular weight is 134 g/mol. The minimum absolute atomic E-state index is 0.580. The topological polar surface area (TPSA) is 49.4 Å². The molecule has 0 aromatic heterocycles. The minimum atomic E-state index is -1.05. The van der Waals surface area contributed by atoms with Crippen molar-refractivity contribution in [3.05, 3.63) is 0 Å². The van der Waals surface area contributed by atoms with Gasteiger partial charge in [0.2, 0.25) is 11.2 Å². The van der Waals surface area contributed by atoms with Crippen molar-refractivity contribution in [2.75, 3.05) is 12.4 Å². The van der Waals surface area contributed by atoms with Gasteiger partial charge in [-0.25, -0.2) is 0 Å². The Morgan fingerprint density at radius 2 is 2.50 bits per heavy atom. The van der Waals surface area contributed by atoms with Gasteiger partial charge in [-0.1, -0.05) is 0 Å². The molecule has 1 atom stereocenters. The molecule has 1 aliphatic heterocycles. The zero-order chi connectivity index (χ0) is 5.98. The van der Waals surface area contributed by atoms with E-state index >= 15 is 0 Å². The van der Waals surface area contributed by atoms with Crippen LogP contribution < -0.4 is 5.11 Å². The Balaban J connectivity index is 2.35. The summed E-state index contributed by atoms with van der Waals surface area (Å²) < 4.78 is 4.78. The van der Waals surface area contributed by atoms with Gasteiger partial charge in [0.1, 0.15) is 6.61 Å². The van der Waals surface area contributed by atoms with E-state index in [1.807, 2.05) is 0 Å². The Morgan fingerprint density at radius 3 is 2.75 bits per heavy atom. The Kier molecular flexibility index (Phi) is 1.75. The van der Waals surface area contributed by atoms with Gasteiger partial charge in [0.25, 0.3) is 0 Å². The van der Waals surface area contributed by atoms with Gasteiger partial charge in [-0.2, -0.15) is 4.18 Å². The maximum absolute atomic E-state index is 9.98. The average Bonchev–Trinajstić information content (AvgIpc) is 2.12. The highest BCUT2D eigenvalue weighted by Gasteiger charge is 2.28. The molecule has 1 rings (SSSR count). The molecule has 3 nitrogen and oxygen atoms in total. The van der Waals surface area contributed by atoms with Crippen molar-refractivity contribution in [2.24, 2.45) is 0 Å². The van der Waals surface area contributed by atoms with Gasteiger partial charge in [-0.05, 0) is 0 Å². The predicted molar refractivity (Wildman–Crippen MR) is 28.2 cm³/mol. The molecule has 4 heteroatoms. The summed E-state index contributed by atoms with van der Waals surface area (Å²) >= 11 is -0.873. The van der Waals surface area contributed by atoms with Crippen LogP contribution in [0.1, 0.15) is 6.42 Å². The third-order valence-corrected chi connectivity index (χ3v) is 2.37. The molecule has 0 amide bonds. The Bertz CT molecular complexity index is 97.5. The summed E-state index contributed by atoms with van der Waals surface area (Å²) in [5.41, 5.74) is 0. The van der Waals surface area contributed by atoms with E-state index in [4.69, 9.17) is 4.18 Å². The van der Waals surface area contributed by atoms with Crippen LogP contribution in [-0.2, 0) is 15.4 Å². The van der Waals surface area contributed by atoms with Gasteiger partial charge in [-0.3, -0.25) is 0 Å². The number of rotatable bonds is 0. The lowest BCUT2D eigenvalue weighted by Gasteiger charge is -1.92. The molecule has 0 N–H and O–H groups in total. The summed E-state index contributed by atoms with van der Waals surface area (Å²) in [7, 11) is 0. The zero-order valence-corrected chi connectivity index (χ0v) is 5.07. The lowest BCUT2D eigenvalue weighted by Crippen LogP contribution is -2.30. The molecule has 1 saturated heterocycles. The first-order valence-electron chi connectivity index (χ1n) is 2.36. The highest BCUT2D eigenvalue weighted by atomic mass is 32.2. The molecule has 0 spiro atoms. The second kappa shape index (κ2) is 2.37. The van der Waals surface area contributed by atoms with E-state index in [1.165, 1.54) is 0 Å². The molecule has 0 saturated carbocycles. The summed E-state index contributed by atoms with van der Waals surface area (Å²) in [6.45, 7) is 0.580. The first-order chi connectivity index (χ1) is 3.80. The van der Waals surface area contributed by atoms with Crippen molar-refractivity contribution in [2.45, 2.75) is 6.42 Å². The van der Waals surface area contributed by atoms with Crippen LogP contribution in [0.25, 0.3) is 0 Å². The van der Waals surface area contributed by atoms with E-state index in [-0.39, 0.29) is 0 Å². The van der Waals surface area contributed by atoms with Crippen molar-refractivity contribution >= 4 is 16.5 Å². The van der Waals surface area contributed by atoms with E-state index in [1.54, 1.807) is 0 Å². The Hall–Kier alpha value is -0.220. The SMILES string of the molecule is O=C([O-])[S+]1CCCO1. The molecule has 1 fully saturated rings. The molecule has 1 aliphatic rings. The van der Waals surface area contributed by atoms with Crippen LogP contribution in [0.4, 0.5) is 4.79 Å². The first-order valence-corrected chi connectivity index (χ1v) is 3.68. The van der Waals surface area contributed by atoms with E-state index in [0.717, 1.165) is 6.42 Å². The third-order valence-electron chi connectivity index (χ3n) is 0.886. The summed E-state index contributed by atoms with van der Waals surface area (Å²) in [5, 5.41) is 8.92. The highest BCUT2D eigenvalue weighted by molar-refractivity contribution is 8.06. The molecule has 8 heavy (non-hydrogen) atoms. The predicted octanol–water partition coefficient (Wildman–Crippen LogP) is -0.717. The Labute approximate surface area is 50.2 Å². The fourth-order valence-electron chi connectivity index (χ4n) is 0.540. The van der Waals surface area contributed by atoms with Gasteiger partial charge in [-0.15, -0.1) is 0 Å². The number of carbonyl (C=O) groups excluding carboxylic acids is 1. The first kappa shape index (κ1) is 5.91. The molecule has 1 heterocycles. The number of hydrogen-bond acceptors (Lipinski definition) is 3. The number of carbonyl (C=O) groups is 1. The number of carboxylic acid groups (broad SMARTS) is 1. The van der Waals surface area contributed by atoms with Crippen LogP contribution in [0, 0.1) is 0 Å². The molecule has 0 aliphatic carbocycles. The molecule has 0 aromatic carbocycles. The van der Waals surface area contributed by atoms with E-state index in [9.17, 15) is 9.90 Å². The highest BCUT2D eigenvalue weighted by Crippen LogP contribution is 2.09. The van der Waals surface area contributed by atoms with Crippen LogP contribution in [0.15, 0.2) is 0 Å². The maximum Gasteiger partial charge on any atom is 0.309 e. The van der Waals surface area contributed by atoms with Gasteiger partial charge in [0.15, 0.2) is 5.75 Å². The smallest absolute Gasteiger partial charge is 0.309 e. The van der Waals surface area contributed by atoms with Crippen LogP contribution >= 0.6 is 0 Å². The summed E-state index contributed by atoms with van der Waals surface area (Å²) in [4.78, 5) is 9.98. The van der Waals surface area contributed by atoms with Crippen LogP contribution in [-0.4, -0.2) is 17.7 Å². The summed E-state index contributed by atoms with van der Waals surface area (Å²) in [5.74, 6) is 0.641. The second-order valence-electron chi connectivity index (χ2n) is 1.48. The molecule has 46 valence electrons. The van der Waals surface area contributed by atoms with Gasteiger partial charge < -0.3 is 9.90 Å². The molecule has 0 bridgehead atoms. The van der Waals surface area contributed by atoms with Gasteiger partial charge in [0, 0.05) is 6.42 Å². The van der Waals surface area contributed by atoms with Gasteiger partial charge >= 0.3 is 5.30 Å². The fourth-order valence-corrected chi connectivity index (χ4v) is 1.62. The lowest BCUT2D eigenvalue weighted by molar-refractivity contribution is -0.233. The fraction of sp³-hybridized carbons (Fsp3) is 0.750. The summed E-state index contributed by atoms with van der Waals surface area (Å²) in [6.07, 6.45) is 0.858. The van der Waals surface area contributed by atoms with E-state index < -0.39 is 16.5 Å². The van der Waals surface area contributed by atoms with E-state index in [0.29, 0.717) is 12.4 Å². The molecule has 0 aromatic rings. The molecular formula is C4H6O3S. The normalized spacial score (nSPS) is 28.2. The minimum Gasteiger partial charge on any atom is -0.502 e. The monoisotopic (exact) mass is 134 g/mol. The molecular weight excluding hydrogens is 128 g/mol. The van der Waals surface area contributed by atoms with Crippen LogP contribution in [0.5, 0.6) is 0 Å². The van der Waals surface area contributed by atoms with Crippen molar-refractivity contribution < 1.29 is 14.1 Å². The van der Waals surface area contributed by atoms with E-state index in [2.05, 4.69) is 0 Å². The van der Waals surface area contributed by atoms with Crippen molar-refractivity contribution in [1.29, 1.82) is 0 Å². The van der Waals surface area contributed by atoms with Crippen molar-refractivity contribution in [1.82, 2.24) is 0 Å². The third kappa shape index (κ3) is 1.14. The van der Waals surface area contributed by atoms with Gasteiger partial charge in [0.05, 0.1) is 0 Å². The molecule has 0 radical (unpaired) electrons.